The van der Waals surface area contributed by atoms with Crippen molar-refractivity contribution in [3.63, 3.8) is 0 Å². The maximum absolute atomic E-state index is 12.0. The maximum atomic E-state index is 12.0. The highest BCUT2D eigenvalue weighted by Gasteiger charge is 2.15. The van der Waals surface area contributed by atoms with Crippen LogP contribution in [0.5, 0.6) is 0 Å². The highest BCUT2D eigenvalue weighted by molar-refractivity contribution is 5.75. The Morgan fingerprint density at radius 2 is 1.97 bits per heavy atom. The minimum atomic E-state index is -0.264. The zero-order valence-electron chi connectivity index (χ0n) is 18.3. The van der Waals surface area contributed by atoms with Gasteiger partial charge in [0.15, 0.2) is 11.2 Å². The van der Waals surface area contributed by atoms with Crippen LogP contribution in [0.15, 0.2) is 56.1 Å². The highest BCUT2D eigenvalue weighted by atomic mass is 16.4. The number of oxazole rings is 2. The summed E-state index contributed by atoms with van der Waals surface area (Å²) in [5.41, 5.74) is 4.57. The van der Waals surface area contributed by atoms with Gasteiger partial charge in [0.2, 0.25) is 0 Å². The molecule has 168 valence electrons. The molecule has 2 aromatic heterocycles. The second kappa shape index (κ2) is 9.61. The Kier molecular flexibility index (Phi) is 6.25. The van der Waals surface area contributed by atoms with E-state index in [4.69, 9.17) is 8.83 Å². The van der Waals surface area contributed by atoms with Gasteiger partial charge in [-0.2, -0.15) is 4.98 Å². The molecule has 4 aromatic rings. The number of hydrogen-bond donors (Lipinski definition) is 2. The normalized spacial score (nSPS) is 16.3. The second-order valence-corrected chi connectivity index (χ2v) is 8.71. The van der Waals surface area contributed by atoms with Crippen LogP contribution >= 0.6 is 0 Å². The molecule has 0 unspecified atom stereocenters. The molecule has 1 fully saturated rings. The quantitative estimate of drug-likeness (QED) is 0.356. The summed E-state index contributed by atoms with van der Waals surface area (Å²) in [5.74, 6) is 0.381. The number of nitrogens with zero attached hydrogens (tertiary/aromatic N) is 2. The lowest BCUT2D eigenvalue weighted by molar-refractivity contribution is 0.487. The third-order valence-corrected chi connectivity index (χ3v) is 6.33. The zero-order valence-corrected chi connectivity index (χ0v) is 18.3. The van der Waals surface area contributed by atoms with Gasteiger partial charge in [-0.3, -0.25) is 4.57 Å². The SMILES string of the molecule is O=c1oc2ccccc2n1CCCCCCc1ccc2nc(NC[C@H]3CCNC3)oc2c1. The topological polar surface area (TPSA) is 85.2 Å². The molecule has 0 bridgehead atoms. The van der Waals surface area contributed by atoms with Gasteiger partial charge in [0.1, 0.15) is 5.52 Å². The lowest BCUT2D eigenvalue weighted by atomic mass is 10.1. The fourth-order valence-electron chi connectivity index (χ4n) is 4.50. The van der Waals surface area contributed by atoms with Crippen LogP contribution in [0, 0.1) is 5.92 Å². The molecule has 3 heterocycles. The summed E-state index contributed by atoms with van der Waals surface area (Å²) in [7, 11) is 0. The van der Waals surface area contributed by atoms with Crippen LogP contribution in [-0.2, 0) is 13.0 Å². The van der Waals surface area contributed by atoms with Crippen molar-refractivity contribution in [2.45, 2.75) is 45.1 Å². The van der Waals surface area contributed by atoms with E-state index in [9.17, 15) is 4.79 Å². The molecule has 7 heteroatoms. The van der Waals surface area contributed by atoms with E-state index in [1.54, 1.807) is 4.57 Å². The average molecular weight is 435 g/mol. The lowest BCUT2D eigenvalue weighted by Gasteiger charge is -2.07. The number of para-hydroxylation sites is 2. The summed E-state index contributed by atoms with van der Waals surface area (Å²) in [4.78, 5) is 16.6. The van der Waals surface area contributed by atoms with Gasteiger partial charge in [0.05, 0.1) is 5.52 Å². The molecule has 7 nitrogen and oxygen atoms in total. The first-order valence-corrected chi connectivity index (χ1v) is 11.7. The molecule has 0 spiro atoms. The number of benzene rings is 2. The van der Waals surface area contributed by atoms with Crippen molar-refractivity contribution in [2.75, 3.05) is 25.0 Å². The van der Waals surface area contributed by atoms with Crippen molar-refractivity contribution in [1.82, 2.24) is 14.9 Å². The second-order valence-electron chi connectivity index (χ2n) is 8.71. The Morgan fingerprint density at radius 3 is 2.88 bits per heavy atom. The summed E-state index contributed by atoms with van der Waals surface area (Å²) in [6.07, 6.45) is 6.51. The third kappa shape index (κ3) is 4.72. The first kappa shape index (κ1) is 20.8. The third-order valence-electron chi connectivity index (χ3n) is 6.33. The van der Waals surface area contributed by atoms with Crippen LogP contribution in [0.4, 0.5) is 6.01 Å². The average Bonchev–Trinajstić information content (AvgIpc) is 3.53. The summed E-state index contributed by atoms with van der Waals surface area (Å²) in [6, 6.07) is 14.5. The van der Waals surface area contributed by atoms with Gasteiger partial charge in [0.25, 0.3) is 6.01 Å². The number of aryl methyl sites for hydroxylation is 2. The van der Waals surface area contributed by atoms with Gasteiger partial charge >= 0.3 is 5.76 Å². The number of unbranched alkanes of at least 4 members (excludes halogenated alkanes) is 3. The molecule has 0 saturated carbocycles. The smallest absolute Gasteiger partial charge is 0.419 e. The number of fused-ring (bicyclic) bond motifs is 2. The first-order chi connectivity index (χ1) is 15.8. The molecule has 2 N–H and O–H groups in total. The summed E-state index contributed by atoms with van der Waals surface area (Å²) >= 11 is 0. The minimum absolute atomic E-state index is 0.264. The molecule has 2 aromatic carbocycles. The van der Waals surface area contributed by atoms with Crippen molar-refractivity contribution < 1.29 is 8.83 Å². The molecule has 1 aliphatic rings. The van der Waals surface area contributed by atoms with E-state index in [0.29, 0.717) is 24.1 Å². The lowest BCUT2D eigenvalue weighted by Crippen LogP contribution is -2.17. The van der Waals surface area contributed by atoms with Gasteiger partial charge in [-0.05, 0) is 74.5 Å². The van der Waals surface area contributed by atoms with E-state index in [1.165, 1.54) is 12.0 Å². The largest absolute Gasteiger partial charge is 0.424 e. The van der Waals surface area contributed by atoms with Crippen LogP contribution in [0.2, 0.25) is 0 Å². The molecular weight excluding hydrogens is 404 g/mol. The fraction of sp³-hybridized carbons (Fsp3) is 0.440. The van der Waals surface area contributed by atoms with Crippen LogP contribution in [0.3, 0.4) is 0 Å². The Bertz CT molecular complexity index is 1230. The van der Waals surface area contributed by atoms with Crippen LogP contribution < -0.4 is 16.4 Å². The summed E-state index contributed by atoms with van der Waals surface area (Å²) in [5, 5.41) is 6.72. The molecule has 0 radical (unpaired) electrons. The van der Waals surface area contributed by atoms with E-state index in [1.807, 2.05) is 30.3 Å². The number of anilines is 1. The first-order valence-electron chi connectivity index (χ1n) is 11.7. The van der Waals surface area contributed by atoms with E-state index >= 15 is 0 Å². The highest BCUT2D eigenvalue weighted by Crippen LogP contribution is 2.22. The fourth-order valence-corrected chi connectivity index (χ4v) is 4.50. The van der Waals surface area contributed by atoms with E-state index in [0.717, 1.165) is 68.4 Å². The number of nitrogens with one attached hydrogen (secondary N) is 2. The van der Waals surface area contributed by atoms with Gasteiger partial charge in [-0.15, -0.1) is 0 Å². The van der Waals surface area contributed by atoms with E-state index in [2.05, 4.69) is 27.8 Å². The Morgan fingerprint density at radius 1 is 1.06 bits per heavy atom. The predicted molar refractivity (Wildman–Crippen MR) is 126 cm³/mol. The van der Waals surface area contributed by atoms with Crippen molar-refractivity contribution in [1.29, 1.82) is 0 Å². The molecule has 0 amide bonds. The van der Waals surface area contributed by atoms with E-state index < -0.39 is 0 Å². The van der Waals surface area contributed by atoms with Gasteiger partial charge in [0, 0.05) is 13.1 Å². The number of aromatic nitrogens is 2. The van der Waals surface area contributed by atoms with Gasteiger partial charge in [-0.25, -0.2) is 4.79 Å². The Hall–Kier alpha value is -3.06. The standard InChI is InChI=1S/C25H30N4O3/c30-25-29(21-8-4-5-9-22(21)32-25)14-6-2-1-3-7-18-10-11-20-23(15-18)31-24(28-20)27-17-19-12-13-26-16-19/h4-5,8-11,15,19,26H,1-3,6-7,12-14,16-17H2,(H,27,28)/t19-/m0/s1. The van der Waals surface area contributed by atoms with Crippen LogP contribution in [0.1, 0.15) is 37.7 Å². The summed E-state index contributed by atoms with van der Waals surface area (Å²) < 4.78 is 13.0. The predicted octanol–water partition coefficient (Wildman–Crippen LogP) is 4.56. The van der Waals surface area contributed by atoms with Crippen LogP contribution in [-0.4, -0.2) is 29.2 Å². The zero-order chi connectivity index (χ0) is 21.8. The summed E-state index contributed by atoms with van der Waals surface area (Å²) in [6.45, 7) is 3.76. The molecule has 1 aliphatic heterocycles. The monoisotopic (exact) mass is 434 g/mol. The van der Waals surface area contributed by atoms with Crippen molar-refractivity contribution >= 4 is 28.2 Å². The van der Waals surface area contributed by atoms with Crippen molar-refractivity contribution in [3.05, 3.63) is 58.6 Å². The van der Waals surface area contributed by atoms with Crippen molar-refractivity contribution in [3.8, 4) is 0 Å². The molecule has 1 saturated heterocycles. The molecule has 1 atom stereocenters. The van der Waals surface area contributed by atoms with Gasteiger partial charge < -0.3 is 19.5 Å². The van der Waals surface area contributed by atoms with Crippen LogP contribution in [0.25, 0.3) is 22.2 Å². The number of rotatable bonds is 10. The Balaban J connectivity index is 1.07. The molecule has 32 heavy (non-hydrogen) atoms. The molecule has 0 aliphatic carbocycles. The minimum Gasteiger partial charge on any atom is -0.424 e. The molecular formula is C25H30N4O3. The maximum Gasteiger partial charge on any atom is 0.419 e. The molecule has 5 rings (SSSR count). The Labute approximate surface area is 186 Å². The van der Waals surface area contributed by atoms with Gasteiger partial charge in [-0.1, -0.05) is 31.0 Å². The van der Waals surface area contributed by atoms with E-state index in [-0.39, 0.29) is 5.76 Å². The van der Waals surface area contributed by atoms with Crippen molar-refractivity contribution in [2.24, 2.45) is 5.92 Å². The number of hydrogen-bond acceptors (Lipinski definition) is 6.